The van der Waals surface area contributed by atoms with Crippen molar-refractivity contribution < 1.29 is 27.9 Å². The molecule has 0 saturated heterocycles. The fraction of sp³-hybridized carbons (Fsp3) is 0.385. The van der Waals surface area contributed by atoms with Gasteiger partial charge in [-0.1, -0.05) is 49.7 Å². The van der Waals surface area contributed by atoms with Crippen LogP contribution in [0.3, 0.4) is 0 Å². The van der Waals surface area contributed by atoms with Crippen LogP contribution in [0.5, 0.6) is 0 Å². The fourth-order valence-electron chi connectivity index (χ4n) is 7.29. The largest absolute Gasteiger partial charge is 0.394 e. The summed E-state index contributed by atoms with van der Waals surface area (Å²) in [4.78, 5) is 47.4. The number of fused-ring (bicyclic) bond motifs is 2. The molecule has 2 N–H and O–H groups in total. The van der Waals surface area contributed by atoms with Crippen molar-refractivity contribution in [3.63, 3.8) is 0 Å². The lowest BCUT2D eigenvalue weighted by molar-refractivity contribution is 0.0544. The van der Waals surface area contributed by atoms with E-state index >= 15 is 0 Å². The van der Waals surface area contributed by atoms with Gasteiger partial charge in [-0.25, -0.2) is 17.8 Å². The summed E-state index contributed by atoms with van der Waals surface area (Å²) in [5, 5.41) is 15.2. The number of halogens is 2. The SMILES string of the molecule is CCCN(CCC)C(=O)c1nn(-c2ccc(C(=O)NS(=O)(=O)c3cc(Br)c4c(c3)CCN4CC)cc2C(=O)N2Cc3ccccc3CC2CO)c(C)c1Cl. The molecule has 15 heteroatoms. The minimum atomic E-state index is -4.33. The number of hydrogen-bond donors (Lipinski definition) is 2. The van der Waals surface area contributed by atoms with Crippen molar-refractivity contribution in [2.24, 2.45) is 0 Å². The predicted molar refractivity (Wildman–Crippen MR) is 211 cm³/mol. The molecule has 6 rings (SSSR count). The van der Waals surface area contributed by atoms with Gasteiger partial charge in [0.2, 0.25) is 0 Å². The lowest BCUT2D eigenvalue weighted by Gasteiger charge is -2.36. The zero-order chi connectivity index (χ0) is 38.9. The standard InChI is InChI=1S/C39H44BrClN6O6S/c1-5-15-45(16-6-2)39(51)35-34(41)24(4)47(42-35)33-13-12-27(20-31(33)38(50)46-22-28-11-9-8-10-25(28)18-29(46)23-48)37(49)43-54(52,53)30-19-26-14-17-44(7-3)36(26)32(40)21-30/h8-13,19-21,29,48H,5-7,14-18,22-23H2,1-4H3,(H,43,49). The van der Waals surface area contributed by atoms with Crippen LogP contribution in [0.1, 0.15) is 87.2 Å². The minimum Gasteiger partial charge on any atom is -0.394 e. The van der Waals surface area contributed by atoms with Gasteiger partial charge >= 0.3 is 0 Å². The molecular weight excluding hydrogens is 796 g/mol. The van der Waals surface area contributed by atoms with Crippen molar-refractivity contribution in [3.8, 4) is 5.69 Å². The van der Waals surface area contributed by atoms with E-state index in [1.807, 2.05) is 45.0 Å². The summed E-state index contributed by atoms with van der Waals surface area (Å²) in [5.74, 6) is -1.80. The molecule has 3 aromatic carbocycles. The van der Waals surface area contributed by atoms with Crippen molar-refractivity contribution in [2.45, 2.75) is 70.9 Å². The first-order chi connectivity index (χ1) is 25.8. The Morgan fingerprint density at radius 3 is 2.39 bits per heavy atom. The molecule has 1 aromatic heterocycles. The first-order valence-corrected chi connectivity index (χ1v) is 20.8. The molecule has 12 nitrogen and oxygen atoms in total. The van der Waals surface area contributed by atoms with E-state index in [9.17, 15) is 27.9 Å². The lowest BCUT2D eigenvalue weighted by atomic mass is 9.93. The van der Waals surface area contributed by atoms with Gasteiger partial charge in [0, 0.05) is 42.8 Å². The Kier molecular flexibility index (Phi) is 11.9. The smallest absolute Gasteiger partial charge is 0.275 e. The Balaban J connectivity index is 1.41. The van der Waals surface area contributed by atoms with Crippen LogP contribution in [-0.2, 0) is 29.4 Å². The number of benzene rings is 3. The van der Waals surface area contributed by atoms with E-state index in [2.05, 4.69) is 30.7 Å². The zero-order valence-corrected chi connectivity index (χ0v) is 33.9. The van der Waals surface area contributed by atoms with Crippen LogP contribution >= 0.6 is 27.5 Å². The molecule has 54 heavy (non-hydrogen) atoms. The van der Waals surface area contributed by atoms with Crippen LogP contribution in [0.25, 0.3) is 5.69 Å². The number of carbonyl (C=O) groups excluding carboxylic acids is 3. The molecule has 2 aliphatic heterocycles. The summed E-state index contributed by atoms with van der Waals surface area (Å²) in [6.45, 7) is 10.1. The number of sulfonamides is 1. The molecule has 0 radical (unpaired) electrons. The summed E-state index contributed by atoms with van der Waals surface area (Å²) in [5.41, 5.74) is 4.30. The van der Waals surface area contributed by atoms with Crippen LogP contribution in [0, 0.1) is 6.92 Å². The molecule has 0 bridgehead atoms. The maximum atomic E-state index is 14.7. The summed E-state index contributed by atoms with van der Waals surface area (Å²) >= 11 is 10.3. The number of aromatic nitrogens is 2. The van der Waals surface area contributed by atoms with Gasteiger partial charge in [0.05, 0.1) is 45.2 Å². The molecule has 286 valence electrons. The molecule has 0 saturated carbocycles. The number of rotatable bonds is 12. The summed E-state index contributed by atoms with van der Waals surface area (Å²) in [6, 6.07) is 14.4. The fourth-order valence-corrected chi connectivity index (χ4v) is 9.44. The molecular formula is C39H44BrClN6O6S. The van der Waals surface area contributed by atoms with Gasteiger partial charge < -0.3 is 19.8 Å². The Bertz CT molecular complexity index is 2220. The van der Waals surface area contributed by atoms with Crippen LogP contribution in [0.2, 0.25) is 5.02 Å². The molecule has 2 aliphatic rings. The van der Waals surface area contributed by atoms with E-state index in [4.69, 9.17) is 11.6 Å². The number of hydrogen-bond acceptors (Lipinski definition) is 8. The zero-order valence-electron chi connectivity index (χ0n) is 30.7. The third-order valence-electron chi connectivity index (χ3n) is 10.1. The number of nitrogens with one attached hydrogen (secondary N) is 1. The number of likely N-dealkylation sites (N-methyl/N-ethyl adjacent to an activating group) is 1. The molecule has 0 spiro atoms. The Labute approximate surface area is 329 Å². The van der Waals surface area contributed by atoms with Gasteiger partial charge in [-0.3, -0.25) is 14.4 Å². The average molecular weight is 840 g/mol. The van der Waals surface area contributed by atoms with Crippen LogP contribution in [0.4, 0.5) is 5.69 Å². The van der Waals surface area contributed by atoms with E-state index in [1.165, 1.54) is 33.8 Å². The second-order valence-corrected chi connectivity index (χ2v) is 16.5. The highest BCUT2D eigenvalue weighted by Gasteiger charge is 2.34. The lowest BCUT2D eigenvalue weighted by Crippen LogP contribution is -2.46. The number of aliphatic hydroxyl groups is 1. The number of aliphatic hydroxyl groups excluding tert-OH is 1. The number of carbonyl (C=O) groups is 3. The monoisotopic (exact) mass is 838 g/mol. The highest BCUT2D eigenvalue weighted by atomic mass is 79.9. The maximum absolute atomic E-state index is 14.7. The predicted octanol–water partition coefficient (Wildman–Crippen LogP) is 5.92. The summed E-state index contributed by atoms with van der Waals surface area (Å²) in [6.07, 6.45) is 2.57. The van der Waals surface area contributed by atoms with E-state index in [0.29, 0.717) is 36.1 Å². The summed E-state index contributed by atoms with van der Waals surface area (Å²) in [7, 11) is -4.33. The Morgan fingerprint density at radius 2 is 1.72 bits per heavy atom. The number of amides is 3. The second-order valence-electron chi connectivity index (χ2n) is 13.6. The van der Waals surface area contributed by atoms with E-state index in [-0.39, 0.29) is 51.5 Å². The Hall–Kier alpha value is -4.24. The second kappa shape index (κ2) is 16.2. The van der Waals surface area contributed by atoms with Crippen molar-refractivity contribution >= 4 is 61.0 Å². The van der Waals surface area contributed by atoms with Crippen LogP contribution < -0.4 is 9.62 Å². The normalized spacial score (nSPS) is 15.2. The van der Waals surface area contributed by atoms with Crippen molar-refractivity contribution in [2.75, 3.05) is 37.7 Å². The van der Waals surface area contributed by atoms with E-state index in [0.717, 1.165) is 48.3 Å². The highest BCUT2D eigenvalue weighted by Crippen LogP contribution is 2.38. The maximum Gasteiger partial charge on any atom is 0.275 e. The molecule has 4 aromatic rings. The van der Waals surface area contributed by atoms with Crippen LogP contribution in [-0.4, -0.2) is 89.7 Å². The van der Waals surface area contributed by atoms with Gasteiger partial charge in [-0.05, 0) is 102 Å². The van der Waals surface area contributed by atoms with Gasteiger partial charge in [0.25, 0.3) is 27.7 Å². The van der Waals surface area contributed by atoms with Crippen molar-refractivity contribution in [1.82, 2.24) is 24.3 Å². The van der Waals surface area contributed by atoms with Gasteiger partial charge in [0.1, 0.15) is 0 Å². The first kappa shape index (κ1) is 39.5. The average Bonchev–Trinajstić information content (AvgIpc) is 3.73. The third kappa shape index (κ3) is 7.53. The molecule has 1 unspecified atom stereocenters. The van der Waals surface area contributed by atoms with Gasteiger partial charge in [0.15, 0.2) is 5.69 Å². The first-order valence-electron chi connectivity index (χ1n) is 18.1. The van der Waals surface area contributed by atoms with E-state index in [1.54, 1.807) is 17.9 Å². The Morgan fingerprint density at radius 1 is 1.02 bits per heavy atom. The van der Waals surface area contributed by atoms with E-state index < -0.39 is 27.9 Å². The molecule has 0 aliphatic carbocycles. The number of nitrogens with zero attached hydrogens (tertiary/aromatic N) is 5. The number of anilines is 1. The molecule has 3 amide bonds. The molecule has 3 heterocycles. The van der Waals surface area contributed by atoms with Gasteiger partial charge in [-0.15, -0.1) is 0 Å². The highest BCUT2D eigenvalue weighted by molar-refractivity contribution is 9.10. The summed E-state index contributed by atoms with van der Waals surface area (Å²) < 4.78 is 31.5. The van der Waals surface area contributed by atoms with Crippen LogP contribution in [0.15, 0.2) is 64.0 Å². The molecule has 0 fully saturated rings. The van der Waals surface area contributed by atoms with Crippen molar-refractivity contribution in [3.05, 3.63) is 103 Å². The molecule has 1 atom stereocenters. The van der Waals surface area contributed by atoms with Crippen molar-refractivity contribution in [1.29, 1.82) is 0 Å². The minimum absolute atomic E-state index is 0.0121. The topological polar surface area (TPSA) is 145 Å². The quantitative estimate of drug-likeness (QED) is 0.179. The third-order valence-corrected chi connectivity index (χ3v) is 12.4. The van der Waals surface area contributed by atoms with Gasteiger partial charge in [-0.2, -0.15) is 5.10 Å².